The predicted octanol–water partition coefficient (Wildman–Crippen LogP) is 2.52. The lowest BCUT2D eigenvalue weighted by atomic mass is 9.93. The molecule has 0 bridgehead atoms. The number of benzene rings is 1. The molecule has 3 N–H and O–H groups in total. The van der Waals surface area contributed by atoms with Crippen molar-refractivity contribution in [2.75, 3.05) is 18.0 Å². The molecule has 0 aromatic heterocycles. The summed E-state index contributed by atoms with van der Waals surface area (Å²) >= 11 is 0. The Labute approximate surface area is 116 Å². The van der Waals surface area contributed by atoms with Gasteiger partial charge in [-0.2, -0.15) is 13.2 Å². The SMILES string of the molecule is CC1(O)CCN(c2ccc(C(F)(F)F)cc2CN)CC1. The van der Waals surface area contributed by atoms with E-state index in [2.05, 4.69) is 0 Å². The molecule has 0 spiro atoms. The molecule has 1 fully saturated rings. The fourth-order valence-corrected chi connectivity index (χ4v) is 2.46. The van der Waals surface area contributed by atoms with Gasteiger partial charge in [-0.05, 0) is 43.5 Å². The average molecular weight is 288 g/mol. The number of hydrogen-bond donors (Lipinski definition) is 2. The Kier molecular flexibility index (Phi) is 3.97. The summed E-state index contributed by atoms with van der Waals surface area (Å²) in [7, 11) is 0. The van der Waals surface area contributed by atoms with Crippen LogP contribution in [0.4, 0.5) is 18.9 Å². The molecular formula is C14H19F3N2O. The van der Waals surface area contributed by atoms with Crippen molar-refractivity contribution in [3.63, 3.8) is 0 Å². The first-order valence-corrected chi connectivity index (χ1v) is 6.60. The van der Waals surface area contributed by atoms with E-state index < -0.39 is 17.3 Å². The third-order valence-electron chi connectivity index (χ3n) is 3.81. The molecule has 1 aromatic carbocycles. The van der Waals surface area contributed by atoms with E-state index in [0.29, 0.717) is 31.5 Å². The van der Waals surface area contributed by atoms with Crippen molar-refractivity contribution < 1.29 is 18.3 Å². The Morgan fingerprint density at radius 3 is 2.40 bits per heavy atom. The van der Waals surface area contributed by atoms with Gasteiger partial charge in [0.15, 0.2) is 0 Å². The van der Waals surface area contributed by atoms with Gasteiger partial charge in [0.05, 0.1) is 11.2 Å². The maximum absolute atomic E-state index is 12.7. The van der Waals surface area contributed by atoms with E-state index in [1.54, 1.807) is 6.92 Å². The predicted molar refractivity (Wildman–Crippen MR) is 71.4 cm³/mol. The smallest absolute Gasteiger partial charge is 0.390 e. The zero-order chi connectivity index (χ0) is 15.0. The maximum atomic E-state index is 12.7. The monoisotopic (exact) mass is 288 g/mol. The lowest BCUT2D eigenvalue weighted by molar-refractivity contribution is -0.137. The number of rotatable bonds is 2. The number of anilines is 1. The minimum Gasteiger partial charge on any atom is -0.390 e. The van der Waals surface area contributed by atoms with Crippen LogP contribution in [0.15, 0.2) is 18.2 Å². The minimum absolute atomic E-state index is 0.0617. The molecular weight excluding hydrogens is 269 g/mol. The first-order valence-electron chi connectivity index (χ1n) is 6.60. The van der Waals surface area contributed by atoms with Crippen LogP contribution in [0.2, 0.25) is 0 Å². The lowest BCUT2D eigenvalue weighted by Gasteiger charge is -2.38. The summed E-state index contributed by atoms with van der Waals surface area (Å²) in [6.45, 7) is 3.07. The van der Waals surface area contributed by atoms with Crippen LogP contribution in [-0.4, -0.2) is 23.8 Å². The molecule has 1 aliphatic heterocycles. The largest absolute Gasteiger partial charge is 0.416 e. The molecule has 20 heavy (non-hydrogen) atoms. The Bertz CT molecular complexity index is 476. The fourth-order valence-electron chi connectivity index (χ4n) is 2.46. The van der Waals surface area contributed by atoms with Gasteiger partial charge < -0.3 is 15.7 Å². The highest BCUT2D eigenvalue weighted by Crippen LogP contribution is 2.34. The molecule has 6 heteroatoms. The molecule has 1 aliphatic rings. The van der Waals surface area contributed by atoms with Crippen molar-refractivity contribution in [3.8, 4) is 0 Å². The summed E-state index contributed by atoms with van der Waals surface area (Å²) in [5, 5.41) is 9.92. The van der Waals surface area contributed by atoms with Crippen LogP contribution in [0.1, 0.15) is 30.9 Å². The zero-order valence-corrected chi connectivity index (χ0v) is 11.4. The Morgan fingerprint density at radius 1 is 1.30 bits per heavy atom. The van der Waals surface area contributed by atoms with Crippen molar-refractivity contribution in [1.29, 1.82) is 0 Å². The molecule has 2 rings (SSSR count). The number of halogens is 3. The summed E-state index contributed by atoms with van der Waals surface area (Å²) in [5.41, 5.74) is 5.43. The summed E-state index contributed by atoms with van der Waals surface area (Å²) in [4.78, 5) is 1.99. The highest BCUT2D eigenvalue weighted by atomic mass is 19.4. The van der Waals surface area contributed by atoms with Gasteiger partial charge in [0, 0.05) is 25.3 Å². The standard InChI is InChI=1S/C14H19F3N2O/c1-13(20)4-6-19(7-5-13)12-3-2-11(14(15,16)17)8-10(12)9-18/h2-3,8,20H,4-7,9,18H2,1H3. The van der Waals surface area contributed by atoms with Crippen LogP contribution in [0.25, 0.3) is 0 Å². The van der Waals surface area contributed by atoms with Gasteiger partial charge >= 0.3 is 6.18 Å². The van der Waals surface area contributed by atoms with Crippen molar-refractivity contribution in [3.05, 3.63) is 29.3 Å². The van der Waals surface area contributed by atoms with Crippen LogP contribution < -0.4 is 10.6 Å². The van der Waals surface area contributed by atoms with Crippen LogP contribution in [0.3, 0.4) is 0 Å². The van der Waals surface area contributed by atoms with Gasteiger partial charge in [-0.15, -0.1) is 0 Å². The molecule has 112 valence electrons. The molecule has 0 aliphatic carbocycles. The zero-order valence-electron chi connectivity index (χ0n) is 11.4. The van der Waals surface area contributed by atoms with E-state index in [1.165, 1.54) is 6.07 Å². The van der Waals surface area contributed by atoms with Crippen LogP contribution >= 0.6 is 0 Å². The fraction of sp³-hybridized carbons (Fsp3) is 0.571. The number of nitrogens with two attached hydrogens (primary N) is 1. The first kappa shape index (κ1) is 15.1. The van der Waals surface area contributed by atoms with Gasteiger partial charge in [0.2, 0.25) is 0 Å². The van der Waals surface area contributed by atoms with Gasteiger partial charge in [-0.3, -0.25) is 0 Å². The van der Waals surface area contributed by atoms with Crippen LogP contribution in [0, 0.1) is 0 Å². The number of aliphatic hydroxyl groups is 1. The second-order valence-corrected chi connectivity index (χ2v) is 5.53. The number of piperidine rings is 1. The molecule has 1 heterocycles. The summed E-state index contributed by atoms with van der Waals surface area (Å²) in [6.07, 6.45) is -3.16. The lowest BCUT2D eigenvalue weighted by Crippen LogP contribution is -2.42. The summed E-state index contributed by atoms with van der Waals surface area (Å²) in [5.74, 6) is 0. The van der Waals surface area contributed by atoms with E-state index in [-0.39, 0.29) is 6.54 Å². The second-order valence-electron chi connectivity index (χ2n) is 5.53. The molecule has 0 saturated carbocycles. The van der Waals surface area contributed by atoms with Crippen molar-refractivity contribution in [1.82, 2.24) is 0 Å². The number of alkyl halides is 3. The van der Waals surface area contributed by atoms with Crippen molar-refractivity contribution in [2.45, 2.75) is 38.1 Å². The van der Waals surface area contributed by atoms with Crippen LogP contribution in [-0.2, 0) is 12.7 Å². The summed E-state index contributed by atoms with van der Waals surface area (Å²) in [6, 6.07) is 3.67. The van der Waals surface area contributed by atoms with Gasteiger partial charge in [-0.25, -0.2) is 0 Å². The normalized spacial score (nSPS) is 19.2. The first-order chi connectivity index (χ1) is 9.23. The number of nitrogens with zero attached hydrogens (tertiary/aromatic N) is 1. The molecule has 0 amide bonds. The van der Waals surface area contributed by atoms with E-state index in [0.717, 1.165) is 17.8 Å². The van der Waals surface area contributed by atoms with Crippen molar-refractivity contribution >= 4 is 5.69 Å². The average Bonchev–Trinajstić information content (AvgIpc) is 2.37. The minimum atomic E-state index is -4.35. The molecule has 3 nitrogen and oxygen atoms in total. The summed E-state index contributed by atoms with van der Waals surface area (Å²) < 4.78 is 38.1. The van der Waals surface area contributed by atoms with Crippen LogP contribution in [0.5, 0.6) is 0 Å². The van der Waals surface area contributed by atoms with Gasteiger partial charge in [-0.1, -0.05) is 0 Å². The number of hydrogen-bond acceptors (Lipinski definition) is 3. The van der Waals surface area contributed by atoms with E-state index in [9.17, 15) is 18.3 Å². The molecule has 0 radical (unpaired) electrons. The van der Waals surface area contributed by atoms with E-state index in [1.807, 2.05) is 4.90 Å². The molecule has 1 saturated heterocycles. The Hall–Kier alpha value is -1.27. The maximum Gasteiger partial charge on any atom is 0.416 e. The van der Waals surface area contributed by atoms with Gasteiger partial charge in [0.1, 0.15) is 0 Å². The Balaban J connectivity index is 2.25. The highest BCUT2D eigenvalue weighted by Gasteiger charge is 2.32. The van der Waals surface area contributed by atoms with E-state index >= 15 is 0 Å². The highest BCUT2D eigenvalue weighted by molar-refractivity contribution is 5.56. The molecule has 0 atom stereocenters. The van der Waals surface area contributed by atoms with Gasteiger partial charge in [0.25, 0.3) is 0 Å². The quantitative estimate of drug-likeness (QED) is 0.879. The topological polar surface area (TPSA) is 49.5 Å². The Morgan fingerprint density at radius 2 is 1.90 bits per heavy atom. The van der Waals surface area contributed by atoms with Crippen molar-refractivity contribution in [2.24, 2.45) is 5.73 Å². The molecule has 0 unspecified atom stereocenters. The third-order valence-corrected chi connectivity index (χ3v) is 3.81. The molecule has 1 aromatic rings. The van der Waals surface area contributed by atoms with E-state index in [4.69, 9.17) is 5.73 Å². The second kappa shape index (κ2) is 5.26. The third kappa shape index (κ3) is 3.24.